The smallest absolute Gasteiger partial charge is 0.248 e. The van der Waals surface area contributed by atoms with E-state index in [9.17, 15) is 4.79 Å². The fourth-order valence-electron chi connectivity index (χ4n) is 2.04. The summed E-state index contributed by atoms with van der Waals surface area (Å²) in [6, 6.07) is 13.0. The summed E-state index contributed by atoms with van der Waals surface area (Å²) in [5.41, 5.74) is 2.53. The Morgan fingerprint density at radius 3 is 2.71 bits per heavy atom. The van der Waals surface area contributed by atoms with E-state index in [-0.39, 0.29) is 12.5 Å². The van der Waals surface area contributed by atoms with E-state index in [0.29, 0.717) is 16.5 Å². The molecule has 0 fully saturated rings. The first-order chi connectivity index (χ1) is 11.5. The van der Waals surface area contributed by atoms with Gasteiger partial charge < -0.3 is 5.32 Å². The van der Waals surface area contributed by atoms with Gasteiger partial charge in [-0.2, -0.15) is 4.80 Å². The van der Waals surface area contributed by atoms with Gasteiger partial charge in [-0.3, -0.25) is 4.79 Å². The standard InChI is InChI=1S/C16H13BrClN5O/c1-10-2-4-11(5-3-10)16-20-22-23(21-16)9-15(24)19-14-7-6-12(17)8-13(14)18/h2-8H,9H2,1H3,(H,19,24). The molecule has 0 saturated heterocycles. The number of halogens is 2. The summed E-state index contributed by atoms with van der Waals surface area (Å²) in [7, 11) is 0. The molecular weight excluding hydrogens is 394 g/mol. The van der Waals surface area contributed by atoms with Gasteiger partial charge >= 0.3 is 0 Å². The maximum absolute atomic E-state index is 12.1. The third-order valence-electron chi connectivity index (χ3n) is 3.25. The largest absolute Gasteiger partial charge is 0.323 e. The zero-order valence-corrected chi connectivity index (χ0v) is 15.0. The zero-order valence-electron chi connectivity index (χ0n) is 12.7. The minimum atomic E-state index is -0.285. The van der Waals surface area contributed by atoms with Gasteiger partial charge in [-0.15, -0.1) is 10.2 Å². The molecule has 0 unspecified atom stereocenters. The van der Waals surface area contributed by atoms with Crippen LogP contribution in [-0.4, -0.2) is 26.1 Å². The lowest BCUT2D eigenvalue weighted by Crippen LogP contribution is -2.20. The first-order valence-electron chi connectivity index (χ1n) is 7.11. The van der Waals surface area contributed by atoms with E-state index in [0.717, 1.165) is 15.6 Å². The van der Waals surface area contributed by atoms with Gasteiger partial charge in [-0.25, -0.2) is 0 Å². The third kappa shape index (κ3) is 3.98. The topological polar surface area (TPSA) is 72.7 Å². The molecule has 0 bridgehead atoms. The predicted molar refractivity (Wildman–Crippen MR) is 95.8 cm³/mol. The molecule has 8 heteroatoms. The maximum atomic E-state index is 12.1. The molecular formula is C16H13BrClN5O. The molecule has 3 rings (SSSR count). The van der Waals surface area contributed by atoms with Gasteiger partial charge in [0, 0.05) is 10.0 Å². The van der Waals surface area contributed by atoms with Gasteiger partial charge in [0.05, 0.1) is 10.7 Å². The van der Waals surface area contributed by atoms with Crippen molar-refractivity contribution in [2.24, 2.45) is 0 Å². The summed E-state index contributed by atoms with van der Waals surface area (Å²) in [5.74, 6) is 0.191. The van der Waals surface area contributed by atoms with Crippen molar-refractivity contribution in [1.29, 1.82) is 0 Å². The Morgan fingerprint density at radius 1 is 1.25 bits per heavy atom. The van der Waals surface area contributed by atoms with E-state index >= 15 is 0 Å². The highest BCUT2D eigenvalue weighted by atomic mass is 79.9. The van der Waals surface area contributed by atoms with Crippen molar-refractivity contribution in [3.05, 3.63) is 57.5 Å². The van der Waals surface area contributed by atoms with Crippen LogP contribution >= 0.6 is 27.5 Å². The molecule has 122 valence electrons. The van der Waals surface area contributed by atoms with Gasteiger partial charge in [0.2, 0.25) is 11.7 Å². The van der Waals surface area contributed by atoms with Crippen LogP contribution in [0.5, 0.6) is 0 Å². The Balaban J connectivity index is 1.68. The summed E-state index contributed by atoms with van der Waals surface area (Å²) in [6.07, 6.45) is 0. The third-order valence-corrected chi connectivity index (χ3v) is 4.06. The van der Waals surface area contributed by atoms with Gasteiger partial charge in [-0.05, 0) is 30.3 Å². The number of benzene rings is 2. The van der Waals surface area contributed by atoms with E-state index in [1.807, 2.05) is 31.2 Å². The molecule has 1 N–H and O–H groups in total. The number of nitrogens with one attached hydrogen (secondary N) is 1. The van der Waals surface area contributed by atoms with Crippen molar-refractivity contribution in [2.45, 2.75) is 13.5 Å². The lowest BCUT2D eigenvalue weighted by Gasteiger charge is -2.06. The monoisotopic (exact) mass is 405 g/mol. The molecule has 0 atom stereocenters. The minimum Gasteiger partial charge on any atom is -0.323 e. The van der Waals surface area contributed by atoms with Crippen LogP contribution in [0.15, 0.2) is 46.9 Å². The molecule has 2 aromatic carbocycles. The number of aryl methyl sites for hydroxylation is 1. The number of carbonyl (C=O) groups is 1. The minimum absolute atomic E-state index is 0.0503. The normalized spacial score (nSPS) is 10.6. The molecule has 1 amide bonds. The van der Waals surface area contributed by atoms with E-state index < -0.39 is 0 Å². The fourth-order valence-corrected chi connectivity index (χ4v) is 2.76. The number of anilines is 1. The molecule has 0 spiro atoms. The van der Waals surface area contributed by atoms with Crippen molar-refractivity contribution in [3.63, 3.8) is 0 Å². The summed E-state index contributed by atoms with van der Waals surface area (Å²) in [4.78, 5) is 13.3. The second-order valence-corrected chi connectivity index (χ2v) is 6.50. The van der Waals surface area contributed by atoms with Gasteiger partial charge in [0.1, 0.15) is 6.54 Å². The quantitative estimate of drug-likeness (QED) is 0.717. The van der Waals surface area contributed by atoms with Crippen molar-refractivity contribution in [1.82, 2.24) is 20.2 Å². The van der Waals surface area contributed by atoms with E-state index in [1.54, 1.807) is 18.2 Å². The van der Waals surface area contributed by atoms with Crippen LogP contribution < -0.4 is 5.32 Å². The number of carbonyl (C=O) groups excluding carboxylic acids is 1. The highest BCUT2D eigenvalue weighted by Crippen LogP contribution is 2.25. The number of aromatic nitrogens is 4. The molecule has 0 aliphatic carbocycles. The summed E-state index contributed by atoms with van der Waals surface area (Å²) >= 11 is 9.39. The lowest BCUT2D eigenvalue weighted by molar-refractivity contribution is -0.117. The maximum Gasteiger partial charge on any atom is 0.248 e. The van der Waals surface area contributed by atoms with Crippen LogP contribution in [0.3, 0.4) is 0 Å². The second-order valence-electron chi connectivity index (χ2n) is 5.18. The van der Waals surface area contributed by atoms with Crippen molar-refractivity contribution in [2.75, 3.05) is 5.32 Å². The number of nitrogens with zero attached hydrogens (tertiary/aromatic N) is 4. The molecule has 3 aromatic rings. The van der Waals surface area contributed by atoms with Gasteiger partial charge in [0.25, 0.3) is 0 Å². The summed E-state index contributed by atoms with van der Waals surface area (Å²) in [6.45, 7) is 1.96. The highest BCUT2D eigenvalue weighted by molar-refractivity contribution is 9.10. The average molecular weight is 407 g/mol. The van der Waals surface area contributed by atoms with Crippen LogP contribution in [0.25, 0.3) is 11.4 Å². The summed E-state index contributed by atoms with van der Waals surface area (Å²) in [5, 5.41) is 15.3. The van der Waals surface area contributed by atoms with Gasteiger partial charge in [-0.1, -0.05) is 57.4 Å². The zero-order chi connectivity index (χ0) is 17.1. The average Bonchev–Trinajstić information content (AvgIpc) is 2.99. The number of rotatable bonds is 4. The number of amides is 1. The highest BCUT2D eigenvalue weighted by Gasteiger charge is 2.11. The molecule has 0 aliphatic heterocycles. The van der Waals surface area contributed by atoms with E-state index in [4.69, 9.17) is 11.6 Å². The Morgan fingerprint density at radius 2 is 2.00 bits per heavy atom. The van der Waals surface area contributed by atoms with Crippen molar-refractivity contribution >= 4 is 39.1 Å². The molecule has 0 aliphatic rings. The van der Waals surface area contributed by atoms with Crippen LogP contribution in [0.4, 0.5) is 5.69 Å². The van der Waals surface area contributed by atoms with E-state index in [2.05, 4.69) is 36.7 Å². The summed E-state index contributed by atoms with van der Waals surface area (Å²) < 4.78 is 0.839. The van der Waals surface area contributed by atoms with Crippen LogP contribution in [0, 0.1) is 6.92 Å². The predicted octanol–water partition coefficient (Wildman–Crippen LogP) is 3.70. The van der Waals surface area contributed by atoms with Gasteiger partial charge in [0.15, 0.2) is 0 Å². The molecule has 1 aromatic heterocycles. The molecule has 1 heterocycles. The van der Waals surface area contributed by atoms with E-state index in [1.165, 1.54) is 4.80 Å². The Kier molecular flexibility index (Phi) is 4.92. The SMILES string of the molecule is Cc1ccc(-c2nnn(CC(=O)Nc3ccc(Br)cc3Cl)n2)cc1. The second kappa shape index (κ2) is 7.11. The van der Waals surface area contributed by atoms with Crippen molar-refractivity contribution in [3.8, 4) is 11.4 Å². The number of hydrogen-bond acceptors (Lipinski definition) is 4. The molecule has 0 radical (unpaired) electrons. The molecule has 24 heavy (non-hydrogen) atoms. The first-order valence-corrected chi connectivity index (χ1v) is 8.28. The molecule has 0 saturated carbocycles. The Bertz CT molecular complexity index is 878. The molecule has 6 nitrogen and oxygen atoms in total. The van der Waals surface area contributed by atoms with Crippen LogP contribution in [0.2, 0.25) is 5.02 Å². The first kappa shape index (κ1) is 16.6. The Hall–Kier alpha value is -2.25. The Labute approximate surface area is 152 Å². The van der Waals surface area contributed by atoms with Crippen LogP contribution in [-0.2, 0) is 11.3 Å². The fraction of sp³-hybridized carbons (Fsp3) is 0.125. The van der Waals surface area contributed by atoms with Crippen molar-refractivity contribution < 1.29 is 4.79 Å². The number of tetrazole rings is 1. The lowest BCUT2D eigenvalue weighted by atomic mass is 10.1. The van der Waals surface area contributed by atoms with Crippen LogP contribution in [0.1, 0.15) is 5.56 Å². The number of hydrogen-bond donors (Lipinski definition) is 1.